The third-order valence-electron chi connectivity index (χ3n) is 8.13. The number of fused-ring (bicyclic) bond motifs is 5. The van der Waals surface area contributed by atoms with Crippen LogP contribution in [0, 0.1) is 34.5 Å². The van der Waals surface area contributed by atoms with E-state index >= 15 is 0 Å². The Labute approximate surface area is 144 Å². The lowest BCUT2D eigenvalue weighted by molar-refractivity contribution is -0.157. The minimum Gasteiger partial charge on any atom is -0.300 e. The van der Waals surface area contributed by atoms with Gasteiger partial charge in [0, 0.05) is 30.6 Å². The van der Waals surface area contributed by atoms with E-state index in [1.165, 1.54) is 0 Å². The van der Waals surface area contributed by atoms with Crippen LogP contribution in [0.4, 0.5) is 0 Å². The van der Waals surface area contributed by atoms with Crippen LogP contribution in [0.25, 0.3) is 0 Å². The highest BCUT2D eigenvalue weighted by Gasteiger charge is 2.62. The molecule has 24 heavy (non-hydrogen) atoms. The molecule has 6 atom stereocenters. The second-order valence-corrected chi connectivity index (χ2v) is 9.24. The SMILES string of the molecule is CC(=O)C1=CC[C@@H]2[C@@H]3CC[C@H]4CC(=O)CC[C@]4(C)[C@@H]3C(=O)C[C@@]12C. The van der Waals surface area contributed by atoms with Gasteiger partial charge in [-0.2, -0.15) is 0 Å². The Morgan fingerprint density at radius 3 is 2.67 bits per heavy atom. The zero-order chi connectivity index (χ0) is 17.3. The van der Waals surface area contributed by atoms with Gasteiger partial charge in [0.25, 0.3) is 0 Å². The van der Waals surface area contributed by atoms with Crippen LogP contribution in [-0.2, 0) is 14.4 Å². The summed E-state index contributed by atoms with van der Waals surface area (Å²) in [5.41, 5.74) is 0.636. The number of ketones is 3. The molecule has 4 aliphatic carbocycles. The highest BCUT2D eigenvalue weighted by molar-refractivity contribution is 5.97. The standard InChI is InChI=1S/C21H28O3/c1-12(22)16-6-7-17-15-5-4-13-10-14(23)8-9-20(13,2)19(15)18(24)11-21(16,17)3/h6,13,15,17,19H,4-5,7-11H2,1-3H3/t13-,15-,17+,19-,20-,21-/m0/s1. The number of carbonyl (C=O) groups excluding carboxylic acids is 3. The quantitative estimate of drug-likeness (QED) is 0.733. The number of Topliss-reactive ketones (excluding diaryl/α,β-unsaturated/α-hetero) is 3. The van der Waals surface area contributed by atoms with Gasteiger partial charge in [0.1, 0.15) is 11.6 Å². The molecule has 0 unspecified atom stereocenters. The molecule has 4 aliphatic rings. The maximum Gasteiger partial charge on any atom is 0.156 e. The summed E-state index contributed by atoms with van der Waals surface area (Å²) in [6.07, 6.45) is 7.87. The fourth-order valence-corrected chi connectivity index (χ4v) is 6.98. The Balaban J connectivity index is 1.70. The molecule has 0 heterocycles. The summed E-state index contributed by atoms with van der Waals surface area (Å²) in [5, 5.41) is 0. The number of carbonyl (C=O) groups is 3. The molecule has 0 spiro atoms. The lowest BCUT2D eigenvalue weighted by Crippen LogP contribution is -2.57. The highest BCUT2D eigenvalue weighted by Crippen LogP contribution is 2.65. The lowest BCUT2D eigenvalue weighted by Gasteiger charge is -2.58. The summed E-state index contributed by atoms with van der Waals surface area (Å²) < 4.78 is 0. The predicted octanol–water partition coefficient (Wildman–Crippen LogP) is 3.90. The first kappa shape index (κ1) is 16.2. The molecule has 0 aromatic rings. The van der Waals surface area contributed by atoms with Gasteiger partial charge >= 0.3 is 0 Å². The molecule has 0 radical (unpaired) electrons. The van der Waals surface area contributed by atoms with Crippen molar-refractivity contribution in [2.24, 2.45) is 34.5 Å². The molecule has 0 aromatic carbocycles. The summed E-state index contributed by atoms with van der Waals surface area (Å²) >= 11 is 0. The summed E-state index contributed by atoms with van der Waals surface area (Å²) in [7, 11) is 0. The number of allylic oxidation sites excluding steroid dienone is 2. The molecule has 0 aliphatic heterocycles. The third-order valence-corrected chi connectivity index (χ3v) is 8.13. The zero-order valence-electron chi connectivity index (χ0n) is 15.1. The molecule has 0 amide bonds. The van der Waals surface area contributed by atoms with Crippen LogP contribution in [0.5, 0.6) is 0 Å². The maximum absolute atomic E-state index is 13.3. The Morgan fingerprint density at radius 1 is 1.21 bits per heavy atom. The van der Waals surface area contributed by atoms with Crippen LogP contribution in [0.3, 0.4) is 0 Å². The minimum absolute atomic E-state index is 0.00574. The van der Waals surface area contributed by atoms with Gasteiger partial charge in [-0.05, 0) is 61.3 Å². The van der Waals surface area contributed by atoms with Gasteiger partial charge in [-0.25, -0.2) is 0 Å². The van der Waals surface area contributed by atoms with Crippen molar-refractivity contribution in [3.8, 4) is 0 Å². The van der Waals surface area contributed by atoms with E-state index in [2.05, 4.69) is 19.9 Å². The number of hydrogen-bond donors (Lipinski definition) is 0. The fraction of sp³-hybridized carbons (Fsp3) is 0.762. The van der Waals surface area contributed by atoms with Gasteiger partial charge in [0.15, 0.2) is 5.78 Å². The molecule has 4 rings (SSSR count). The Kier molecular flexibility index (Phi) is 3.47. The van der Waals surface area contributed by atoms with Crippen molar-refractivity contribution >= 4 is 17.3 Å². The molecular weight excluding hydrogens is 300 g/mol. The third kappa shape index (κ3) is 1.99. The normalized spacial score (nSPS) is 47.5. The largest absolute Gasteiger partial charge is 0.300 e. The molecule has 3 nitrogen and oxygen atoms in total. The molecule has 0 aromatic heterocycles. The monoisotopic (exact) mass is 328 g/mol. The smallest absolute Gasteiger partial charge is 0.156 e. The molecule has 3 saturated carbocycles. The van der Waals surface area contributed by atoms with Crippen molar-refractivity contribution in [2.75, 3.05) is 0 Å². The average Bonchev–Trinajstić information content (AvgIpc) is 2.84. The van der Waals surface area contributed by atoms with Crippen LogP contribution < -0.4 is 0 Å². The van der Waals surface area contributed by atoms with Crippen LogP contribution in [0.15, 0.2) is 11.6 Å². The second-order valence-electron chi connectivity index (χ2n) is 9.24. The van der Waals surface area contributed by atoms with E-state index in [0.29, 0.717) is 48.6 Å². The van der Waals surface area contributed by atoms with Crippen LogP contribution in [-0.4, -0.2) is 17.3 Å². The molecule has 0 saturated heterocycles. The first-order valence-electron chi connectivity index (χ1n) is 9.53. The van der Waals surface area contributed by atoms with Gasteiger partial charge in [0.05, 0.1) is 0 Å². The molecular formula is C21H28O3. The summed E-state index contributed by atoms with van der Waals surface area (Å²) in [5.74, 6) is 2.17. The van der Waals surface area contributed by atoms with E-state index in [4.69, 9.17) is 0 Å². The summed E-state index contributed by atoms with van der Waals surface area (Å²) in [4.78, 5) is 37.3. The predicted molar refractivity (Wildman–Crippen MR) is 91.3 cm³/mol. The molecule has 0 N–H and O–H groups in total. The number of rotatable bonds is 1. The van der Waals surface area contributed by atoms with Crippen molar-refractivity contribution < 1.29 is 14.4 Å². The Bertz CT molecular complexity index is 660. The van der Waals surface area contributed by atoms with Crippen molar-refractivity contribution in [3.63, 3.8) is 0 Å². The average molecular weight is 328 g/mol. The van der Waals surface area contributed by atoms with Gasteiger partial charge < -0.3 is 0 Å². The van der Waals surface area contributed by atoms with Crippen LogP contribution in [0.1, 0.15) is 65.7 Å². The maximum atomic E-state index is 13.3. The fourth-order valence-electron chi connectivity index (χ4n) is 6.98. The van der Waals surface area contributed by atoms with Gasteiger partial charge in [-0.1, -0.05) is 19.9 Å². The van der Waals surface area contributed by atoms with E-state index in [0.717, 1.165) is 31.3 Å². The minimum atomic E-state index is -0.252. The molecule has 0 bridgehead atoms. The first-order chi connectivity index (χ1) is 11.3. The van der Waals surface area contributed by atoms with Crippen LogP contribution >= 0.6 is 0 Å². The van der Waals surface area contributed by atoms with Crippen molar-refractivity contribution in [3.05, 3.63) is 11.6 Å². The zero-order valence-corrected chi connectivity index (χ0v) is 15.1. The Hall–Kier alpha value is -1.25. The summed E-state index contributed by atoms with van der Waals surface area (Å²) in [6, 6.07) is 0. The van der Waals surface area contributed by atoms with E-state index < -0.39 is 0 Å². The topological polar surface area (TPSA) is 51.2 Å². The Morgan fingerprint density at radius 2 is 1.96 bits per heavy atom. The van der Waals surface area contributed by atoms with Gasteiger partial charge in [-0.3, -0.25) is 14.4 Å². The molecule has 3 heteroatoms. The number of hydrogen-bond acceptors (Lipinski definition) is 3. The van der Waals surface area contributed by atoms with Gasteiger partial charge in [-0.15, -0.1) is 0 Å². The van der Waals surface area contributed by atoms with E-state index in [1.54, 1.807) is 6.92 Å². The lowest BCUT2D eigenvalue weighted by atomic mass is 9.44. The van der Waals surface area contributed by atoms with E-state index in [1.807, 2.05) is 0 Å². The van der Waals surface area contributed by atoms with E-state index in [-0.39, 0.29) is 22.5 Å². The highest BCUT2D eigenvalue weighted by atomic mass is 16.1. The summed E-state index contributed by atoms with van der Waals surface area (Å²) in [6.45, 7) is 6.06. The van der Waals surface area contributed by atoms with Crippen molar-refractivity contribution in [2.45, 2.75) is 65.7 Å². The van der Waals surface area contributed by atoms with Crippen molar-refractivity contribution in [1.82, 2.24) is 0 Å². The van der Waals surface area contributed by atoms with Crippen molar-refractivity contribution in [1.29, 1.82) is 0 Å². The van der Waals surface area contributed by atoms with Crippen LogP contribution in [0.2, 0.25) is 0 Å². The molecule has 3 fully saturated rings. The van der Waals surface area contributed by atoms with E-state index in [9.17, 15) is 14.4 Å². The van der Waals surface area contributed by atoms with Gasteiger partial charge in [0.2, 0.25) is 0 Å². The second kappa shape index (κ2) is 5.12. The molecule has 130 valence electrons. The first-order valence-corrected chi connectivity index (χ1v) is 9.53.